The average molecular weight is 326 g/mol. The van der Waals surface area contributed by atoms with Crippen molar-refractivity contribution in [3.05, 3.63) is 51.0 Å². The number of benzene rings is 1. The standard InChI is InChI=1S/C11H8BrN3O2S/c12-7-3-1-2-4-9(7)18-11-8(15(16)17)5-6-10(13)14-11/h1-6H,(H2,13,14). The van der Waals surface area contributed by atoms with Crippen molar-refractivity contribution in [3.8, 4) is 0 Å². The van der Waals surface area contributed by atoms with Gasteiger partial charge in [0.05, 0.1) is 4.92 Å². The van der Waals surface area contributed by atoms with E-state index in [1.165, 1.54) is 23.9 Å². The molecule has 2 aromatic rings. The fourth-order valence-corrected chi connectivity index (χ4v) is 2.74. The Kier molecular flexibility index (Phi) is 3.83. The van der Waals surface area contributed by atoms with Crippen LogP contribution in [0.5, 0.6) is 0 Å². The summed E-state index contributed by atoms with van der Waals surface area (Å²) in [5, 5.41) is 11.2. The molecule has 0 unspecified atom stereocenters. The Morgan fingerprint density at radius 2 is 2.00 bits per heavy atom. The SMILES string of the molecule is Nc1ccc([N+](=O)[O-])c(Sc2ccccc2Br)n1. The summed E-state index contributed by atoms with van der Waals surface area (Å²) < 4.78 is 0.855. The number of hydrogen-bond acceptors (Lipinski definition) is 5. The Bertz CT molecular complexity index is 607. The number of anilines is 1. The molecule has 18 heavy (non-hydrogen) atoms. The van der Waals surface area contributed by atoms with E-state index < -0.39 is 4.92 Å². The molecular formula is C11H8BrN3O2S. The summed E-state index contributed by atoms with van der Waals surface area (Å²) in [7, 11) is 0. The smallest absolute Gasteiger partial charge is 0.301 e. The normalized spacial score (nSPS) is 10.3. The highest BCUT2D eigenvalue weighted by Gasteiger charge is 2.17. The van der Waals surface area contributed by atoms with Crippen LogP contribution in [0.1, 0.15) is 0 Å². The maximum atomic E-state index is 10.9. The summed E-state index contributed by atoms with van der Waals surface area (Å²) in [6.07, 6.45) is 0. The van der Waals surface area contributed by atoms with Crippen molar-refractivity contribution in [2.45, 2.75) is 9.92 Å². The van der Waals surface area contributed by atoms with Gasteiger partial charge in [0.15, 0.2) is 5.03 Å². The topological polar surface area (TPSA) is 82.0 Å². The number of halogens is 1. The minimum absolute atomic E-state index is 0.0510. The van der Waals surface area contributed by atoms with Crippen molar-refractivity contribution in [1.29, 1.82) is 0 Å². The first-order chi connectivity index (χ1) is 8.58. The molecule has 0 atom stereocenters. The second kappa shape index (κ2) is 5.36. The Morgan fingerprint density at radius 3 is 2.67 bits per heavy atom. The minimum atomic E-state index is -0.467. The average Bonchev–Trinajstić information content (AvgIpc) is 2.32. The zero-order valence-electron chi connectivity index (χ0n) is 9.04. The van der Waals surface area contributed by atoms with E-state index >= 15 is 0 Å². The number of aromatic nitrogens is 1. The Labute approximate surface area is 116 Å². The minimum Gasteiger partial charge on any atom is -0.384 e. The van der Waals surface area contributed by atoms with Gasteiger partial charge in [-0.1, -0.05) is 23.9 Å². The largest absolute Gasteiger partial charge is 0.384 e. The van der Waals surface area contributed by atoms with E-state index in [2.05, 4.69) is 20.9 Å². The van der Waals surface area contributed by atoms with Crippen molar-refractivity contribution < 1.29 is 4.92 Å². The summed E-state index contributed by atoms with van der Waals surface area (Å²) in [5.41, 5.74) is 5.51. The van der Waals surface area contributed by atoms with Crippen LogP contribution in [0.4, 0.5) is 11.5 Å². The van der Waals surface area contributed by atoms with Crippen LogP contribution >= 0.6 is 27.7 Å². The van der Waals surface area contributed by atoms with Gasteiger partial charge in [-0.15, -0.1) is 0 Å². The van der Waals surface area contributed by atoms with Crippen molar-refractivity contribution in [2.75, 3.05) is 5.73 Å². The van der Waals surface area contributed by atoms with E-state index in [1.54, 1.807) is 0 Å². The molecule has 0 saturated heterocycles. The number of hydrogen-bond donors (Lipinski definition) is 1. The van der Waals surface area contributed by atoms with Gasteiger partial charge in [0, 0.05) is 15.4 Å². The molecule has 0 amide bonds. The maximum Gasteiger partial charge on any atom is 0.301 e. The van der Waals surface area contributed by atoms with Crippen LogP contribution in [0.2, 0.25) is 0 Å². The van der Waals surface area contributed by atoms with Crippen LogP contribution in [0.3, 0.4) is 0 Å². The lowest BCUT2D eigenvalue weighted by atomic mass is 10.4. The molecule has 1 aromatic carbocycles. The highest BCUT2D eigenvalue weighted by molar-refractivity contribution is 9.10. The van der Waals surface area contributed by atoms with Crippen LogP contribution in [-0.2, 0) is 0 Å². The van der Waals surface area contributed by atoms with Crippen LogP contribution in [0, 0.1) is 10.1 Å². The van der Waals surface area contributed by atoms with Gasteiger partial charge in [-0.2, -0.15) is 0 Å². The first kappa shape index (κ1) is 12.8. The third-order valence-corrected chi connectivity index (χ3v) is 4.13. The molecule has 0 fully saturated rings. The fourth-order valence-electron chi connectivity index (χ4n) is 1.29. The predicted octanol–water partition coefficient (Wildman–Crippen LogP) is 3.49. The van der Waals surface area contributed by atoms with Crippen LogP contribution in [-0.4, -0.2) is 9.91 Å². The Balaban J connectivity index is 2.42. The van der Waals surface area contributed by atoms with Crippen molar-refractivity contribution in [1.82, 2.24) is 4.98 Å². The van der Waals surface area contributed by atoms with Gasteiger partial charge >= 0.3 is 5.69 Å². The molecule has 1 heterocycles. The second-order valence-corrected chi connectivity index (χ2v) is 5.23. The molecule has 0 bridgehead atoms. The third-order valence-electron chi connectivity index (χ3n) is 2.10. The molecular weight excluding hydrogens is 318 g/mol. The highest BCUT2D eigenvalue weighted by atomic mass is 79.9. The van der Waals surface area contributed by atoms with Crippen LogP contribution in [0.15, 0.2) is 50.8 Å². The van der Waals surface area contributed by atoms with Gasteiger partial charge in [-0.25, -0.2) is 4.98 Å². The predicted molar refractivity (Wildman–Crippen MR) is 73.6 cm³/mol. The first-order valence-corrected chi connectivity index (χ1v) is 6.52. The number of nitrogens with two attached hydrogens (primary N) is 1. The molecule has 1 aromatic heterocycles. The van der Waals surface area contributed by atoms with E-state index in [4.69, 9.17) is 5.73 Å². The van der Waals surface area contributed by atoms with Crippen molar-refractivity contribution in [3.63, 3.8) is 0 Å². The second-order valence-electron chi connectivity index (χ2n) is 3.35. The molecule has 0 aliphatic heterocycles. The number of nitro groups is 1. The molecule has 2 N–H and O–H groups in total. The molecule has 0 radical (unpaired) electrons. The van der Waals surface area contributed by atoms with Gasteiger partial charge in [0.25, 0.3) is 0 Å². The first-order valence-electron chi connectivity index (χ1n) is 4.91. The molecule has 0 saturated carbocycles. The zero-order valence-corrected chi connectivity index (χ0v) is 11.4. The fraction of sp³-hybridized carbons (Fsp3) is 0. The van der Waals surface area contributed by atoms with Crippen LogP contribution in [0.25, 0.3) is 0 Å². The Hall–Kier alpha value is -1.60. The van der Waals surface area contributed by atoms with Crippen LogP contribution < -0.4 is 5.73 Å². The van der Waals surface area contributed by atoms with E-state index in [1.807, 2.05) is 24.3 Å². The van der Waals surface area contributed by atoms with E-state index in [-0.39, 0.29) is 16.5 Å². The lowest BCUT2D eigenvalue weighted by Crippen LogP contribution is -1.97. The quantitative estimate of drug-likeness (QED) is 0.690. The lowest BCUT2D eigenvalue weighted by Gasteiger charge is -2.04. The maximum absolute atomic E-state index is 10.9. The van der Waals surface area contributed by atoms with Gasteiger partial charge in [-0.05, 0) is 34.1 Å². The number of nitrogen functional groups attached to an aromatic ring is 1. The van der Waals surface area contributed by atoms with Crippen molar-refractivity contribution in [2.24, 2.45) is 0 Å². The summed E-state index contributed by atoms with van der Waals surface area (Å²) in [6, 6.07) is 10.2. The summed E-state index contributed by atoms with van der Waals surface area (Å²) in [6.45, 7) is 0. The van der Waals surface area contributed by atoms with E-state index in [9.17, 15) is 10.1 Å². The third kappa shape index (κ3) is 2.80. The highest BCUT2D eigenvalue weighted by Crippen LogP contribution is 2.37. The zero-order chi connectivity index (χ0) is 13.1. The van der Waals surface area contributed by atoms with Crippen molar-refractivity contribution >= 4 is 39.2 Å². The number of rotatable bonds is 3. The molecule has 0 spiro atoms. The number of nitrogens with zero attached hydrogens (tertiary/aromatic N) is 2. The molecule has 0 aliphatic carbocycles. The monoisotopic (exact) mass is 325 g/mol. The lowest BCUT2D eigenvalue weighted by molar-refractivity contribution is -0.388. The van der Waals surface area contributed by atoms with Gasteiger partial charge < -0.3 is 5.73 Å². The van der Waals surface area contributed by atoms with E-state index in [0.29, 0.717) is 0 Å². The Morgan fingerprint density at radius 1 is 1.28 bits per heavy atom. The summed E-state index contributed by atoms with van der Waals surface area (Å²) in [4.78, 5) is 15.3. The molecule has 5 nitrogen and oxygen atoms in total. The molecule has 2 rings (SSSR count). The van der Waals surface area contributed by atoms with Gasteiger partial charge in [0.1, 0.15) is 5.82 Å². The molecule has 0 aliphatic rings. The van der Waals surface area contributed by atoms with Gasteiger partial charge in [-0.3, -0.25) is 10.1 Å². The van der Waals surface area contributed by atoms with Gasteiger partial charge in [0.2, 0.25) is 0 Å². The summed E-state index contributed by atoms with van der Waals surface area (Å²) >= 11 is 4.59. The van der Waals surface area contributed by atoms with E-state index in [0.717, 1.165) is 9.37 Å². The molecule has 7 heteroatoms. The summed E-state index contributed by atoms with van der Waals surface area (Å²) in [5.74, 6) is 0.259. The number of pyridine rings is 1. The molecule has 92 valence electrons.